The second-order valence-electron chi connectivity index (χ2n) is 3.66. The average Bonchev–Trinajstić information content (AvgIpc) is 2.75. The topological polar surface area (TPSA) is 59.8 Å². The second kappa shape index (κ2) is 5.49. The van der Waals surface area contributed by atoms with Crippen LogP contribution in [0, 0.1) is 0 Å². The van der Waals surface area contributed by atoms with E-state index in [4.69, 9.17) is 11.6 Å². The Morgan fingerprint density at radius 1 is 1.61 bits per heavy atom. The molecule has 1 N–H and O–H groups in total. The van der Waals surface area contributed by atoms with Crippen molar-refractivity contribution in [1.29, 1.82) is 0 Å². The van der Waals surface area contributed by atoms with Gasteiger partial charge >= 0.3 is 0 Å². The van der Waals surface area contributed by atoms with Gasteiger partial charge in [-0.3, -0.25) is 9.48 Å². The lowest BCUT2D eigenvalue weighted by Gasteiger charge is -2.05. The van der Waals surface area contributed by atoms with Crippen LogP contribution in [-0.2, 0) is 13.6 Å². The maximum Gasteiger partial charge on any atom is 0.254 e. The number of hydrogen-bond acceptors (Lipinski definition) is 3. The molecule has 2 heterocycles. The van der Waals surface area contributed by atoms with Crippen LogP contribution < -0.4 is 5.32 Å². The van der Waals surface area contributed by atoms with Crippen LogP contribution in [0.4, 0.5) is 0 Å². The van der Waals surface area contributed by atoms with Gasteiger partial charge in [-0.1, -0.05) is 11.6 Å². The number of amides is 1. The fourth-order valence-electron chi connectivity index (χ4n) is 1.41. The normalized spacial score (nSPS) is 10.4. The Morgan fingerprint density at radius 3 is 3.06 bits per heavy atom. The van der Waals surface area contributed by atoms with Gasteiger partial charge in [0.25, 0.3) is 5.91 Å². The molecule has 0 bridgehead atoms. The third-order valence-corrected chi connectivity index (χ3v) is 2.98. The Kier molecular flexibility index (Phi) is 3.98. The molecule has 0 atom stereocenters. The van der Waals surface area contributed by atoms with Crippen molar-refractivity contribution in [3.05, 3.63) is 45.4 Å². The molecular formula is C11H10BrClN4O. The number of carbonyl (C=O) groups is 1. The number of rotatable bonds is 3. The Bertz CT molecular complexity index is 584. The largest absolute Gasteiger partial charge is 0.346 e. The summed E-state index contributed by atoms with van der Waals surface area (Å²) in [6.07, 6.45) is 3.35. The van der Waals surface area contributed by atoms with Gasteiger partial charge in [0.05, 0.1) is 17.8 Å². The number of aromatic nitrogens is 3. The third-order valence-electron chi connectivity index (χ3n) is 2.25. The molecule has 0 saturated heterocycles. The number of pyridine rings is 1. The summed E-state index contributed by atoms with van der Waals surface area (Å²) in [6, 6.07) is 3.46. The highest BCUT2D eigenvalue weighted by atomic mass is 79.9. The molecule has 18 heavy (non-hydrogen) atoms. The van der Waals surface area contributed by atoms with Crippen molar-refractivity contribution in [2.24, 2.45) is 7.05 Å². The summed E-state index contributed by atoms with van der Waals surface area (Å²) in [7, 11) is 1.82. The molecule has 1 amide bonds. The lowest BCUT2D eigenvalue weighted by molar-refractivity contribution is 0.0950. The molecule has 0 aliphatic heterocycles. The van der Waals surface area contributed by atoms with Crippen molar-refractivity contribution < 1.29 is 4.79 Å². The highest BCUT2D eigenvalue weighted by molar-refractivity contribution is 9.10. The minimum absolute atomic E-state index is 0.178. The predicted molar refractivity (Wildman–Crippen MR) is 71.3 cm³/mol. The maximum atomic E-state index is 11.9. The molecule has 94 valence electrons. The third kappa shape index (κ3) is 3.08. The number of aryl methyl sites for hydroxylation is 1. The van der Waals surface area contributed by atoms with Crippen LogP contribution in [0.2, 0.25) is 5.15 Å². The summed E-state index contributed by atoms with van der Waals surface area (Å²) in [5, 5.41) is 7.07. The zero-order chi connectivity index (χ0) is 13.1. The summed E-state index contributed by atoms with van der Waals surface area (Å²) in [4.78, 5) is 15.8. The summed E-state index contributed by atoms with van der Waals surface area (Å²) < 4.78 is 2.38. The fraction of sp³-hybridized carbons (Fsp3) is 0.182. The zero-order valence-electron chi connectivity index (χ0n) is 9.52. The Labute approximate surface area is 117 Å². The summed E-state index contributed by atoms with van der Waals surface area (Å²) in [5.74, 6) is -0.278. The zero-order valence-corrected chi connectivity index (χ0v) is 11.9. The van der Waals surface area contributed by atoms with Gasteiger partial charge in [-0.25, -0.2) is 4.98 Å². The van der Waals surface area contributed by atoms with Crippen molar-refractivity contribution in [2.75, 3.05) is 0 Å². The van der Waals surface area contributed by atoms with Crippen LogP contribution in [0.3, 0.4) is 0 Å². The lowest BCUT2D eigenvalue weighted by atomic mass is 10.2. The molecule has 0 aliphatic rings. The molecule has 0 fully saturated rings. The molecule has 0 unspecified atom stereocenters. The van der Waals surface area contributed by atoms with Gasteiger partial charge in [0.2, 0.25) is 0 Å². The molecule has 7 heteroatoms. The Hall–Kier alpha value is -1.40. The van der Waals surface area contributed by atoms with Crippen molar-refractivity contribution >= 4 is 33.4 Å². The van der Waals surface area contributed by atoms with E-state index in [1.165, 1.54) is 6.20 Å². The maximum absolute atomic E-state index is 11.9. The van der Waals surface area contributed by atoms with Crippen LogP contribution >= 0.6 is 27.5 Å². The monoisotopic (exact) mass is 328 g/mol. The number of nitrogens with zero attached hydrogens (tertiary/aromatic N) is 3. The molecule has 0 radical (unpaired) electrons. The predicted octanol–water partition coefficient (Wildman–Crippen LogP) is 2.16. The lowest BCUT2D eigenvalue weighted by Crippen LogP contribution is -2.23. The number of carbonyl (C=O) groups excluding carboxylic acids is 1. The van der Waals surface area contributed by atoms with Gasteiger partial charge in [0, 0.05) is 23.9 Å². The van der Waals surface area contributed by atoms with Gasteiger partial charge < -0.3 is 5.32 Å². The first-order valence-electron chi connectivity index (χ1n) is 5.14. The van der Waals surface area contributed by atoms with Gasteiger partial charge in [-0.05, 0) is 28.1 Å². The summed E-state index contributed by atoms with van der Waals surface area (Å²) >= 11 is 9.11. The molecule has 0 saturated carbocycles. The van der Waals surface area contributed by atoms with Crippen LogP contribution in [-0.4, -0.2) is 20.7 Å². The first-order valence-corrected chi connectivity index (χ1v) is 6.31. The first-order chi connectivity index (χ1) is 8.56. The molecule has 2 aromatic rings. The van der Waals surface area contributed by atoms with Crippen LogP contribution in [0.5, 0.6) is 0 Å². The molecule has 2 rings (SSSR count). The molecule has 0 spiro atoms. The van der Waals surface area contributed by atoms with Gasteiger partial charge in [0.15, 0.2) is 0 Å². The molecule has 0 aromatic carbocycles. The van der Waals surface area contributed by atoms with Crippen molar-refractivity contribution in [2.45, 2.75) is 6.54 Å². The van der Waals surface area contributed by atoms with E-state index in [-0.39, 0.29) is 11.1 Å². The molecular weight excluding hydrogens is 320 g/mol. The van der Waals surface area contributed by atoms with E-state index in [2.05, 4.69) is 31.3 Å². The SMILES string of the molecule is Cn1ccc(CNC(=O)c2cc(Br)cnc2Cl)n1. The van der Waals surface area contributed by atoms with E-state index >= 15 is 0 Å². The van der Waals surface area contributed by atoms with E-state index in [0.29, 0.717) is 16.6 Å². The smallest absolute Gasteiger partial charge is 0.254 e. The Morgan fingerprint density at radius 2 is 2.39 bits per heavy atom. The van der Waals surface area contributed by atoms with Crippen molar-refractivity contribution in [3.63, 3.8) is 0 Å². The second-order valence-corrected chi connectivity index (χ2v) is 4.93. The number of hydrogen-bond donors (Lipinski definition) is 1. The average molecular weight is 330 g/mol. The first kappa shape index (κ1) is 13.0. The minimum Gasteiger partial charge on any atom is -0.346 e. The summed E-state index contributed by atoms with van der Waals surface area (Å²) in [6.45, 7) is 0.350. The van der Waals surface area contributed by atoms with Crippen LogP contribution in [0.25, 0.3) is 0 Å². The number of halogens is 2. The minimum atomic E-state index is -0.278. The quantitative estimate of drug-likeness (QED) is 0.878. The van der Waals surface area contributed by atoms with Gasteiger partial charge in [-0.2, -0.15) is 5.10 Å². The van der Waals surface area contributed by atoms with E-state index in [1.807, 2.05) is 19.3 Å². The molecule has 0 aliphatic carbocycles. The Balaban J connectivity index is 2.05. The van der Waals surface area contributed by atoms with Gasteiger partial charge in [-0.15, -0.1) is 0 Å². The fourth-order valence-corrected chi connectivity index (χ4v) is 1.93. The van der Waals surface area contributed by atoms with Gasteiger partial charge in [0.1, 0.15) is 5.15 Å². The van der Waals surface area contributed by atoms with E-state index in [0.717, 1.165) is 5.69 Å². The molecule has 2 aromatic heterocycles. The standard InChI is InChI=1S/C11H10BrClN4O/c1-17-3-2-8(16-17)6-15-11(18)9-4-7(12)5-14-10(9)13/h2-5H,6H2,1H3,(H,15,18). The summed E-state index contributed by atoms with van der Waals surface area (Å²) in [5.41, 5.74) is 1.12. The highest BCUT2D eigenvalue weighted by Gasteiger charge is 2.12. The van der Waals surface area contributed by atoms with E-state index < -0.39 is 0 Å². The van der Waals surface area contributed by atoms with E-state index in [1.54, 1.807) is 10.7 Å². The van der Waals surface area contributed by atoms with Crippen molar-refractivity contribution in [3.8, 4) is 0 Å². The van der Waals surface area contributed by atoms with Crippen LogP contribution in [0.1, 0.15) is 16.1 Å². The molecule has 5 nitrogen and oxygen atoms in total. The highest BCUT2D eigenvalue weighted by Crippen LogP contribution is 2.17. The number of nitrogens with one attached hydrogen (secondary N) is 1. The van der Waals surface area contributed by atoms with E-state index in [9.17, 15) is 4.79 Å². The van der Waals surface area contributed by atoms with Crippen LogP contribution in [0.15, 0.2) is 29.0 Å². The van der Waals surface area contributed by atoms with Crippen molar-refractivity contribution in [1.82, 2.24) is 20.1 Å².